The maximum absolute atomic E-state index is 11.9. The lowest BCUT2D eigenvalue weighted by Crippen LogP contribution is -2.43. The Morgan fingerprint density at radius 3 is 2.95 bits per heavy atom. The summed E-state index contributed by atoms with van der Waals surface area (Å²) in [6, 6.07) is 1.90. The van der Waals surface area contributed by atoms with Gasteiger partial charge in [0.2, 0.25) is 5.91 Å². The Morgan fingerprint density at radius 2 is 2.37 bits per heavy atom. The lowest BCUT2D eigenvalue weighted by Gasteiger charge is -2.33. The summed E-state index contributed by atoms with van der Waals surface area (Å²) in [5, 5.41) is 8.97. The molecular weight excluding hydrogens is 248 g/mol. The van der Waals surface area contributed by atoms with Gasteiger partial charge in [-0.1, -0.05) is 0 Å². The summed E-state index contributed by atoms with van der Waals surface area (Å²) in [6.45, 7) is 4.02. The quantitative estimate of drug-likeness (QED) is 0.689. The third-order valence-electron chi connectivity index (χ3n) is 3.49. The Kier molecular flexibility index (Phi) is 3.74. The summed E-state index contributed by atoms with van der Waals surface area (Å²) in [5.41, 5.74) is 0. The second-order valence-electron chi connectivity index (χ2n) is 4.59. The molecule has 0 saturated carbocycles. The largest absolute Gasteiger partial charge is 0.466 e. The van der Waals surface area contributed by atoms with Crippen LogP contribution >= 0.6 is 0 Å². The van der Waals surface area contributed by atoms with Crippen molar-refractivity contribution in [2.75, 3.05) is 13.2 Å². The molecule has 1 amide bonds. The topological polar surface area (TPSA) is 79.6 Å². The number of amides is 1. The summed E-state index contributed by atoms with van der Waals surface area (Å²) in [7, 11) is 0. The maximum Gasteiger partial charge on any atom is 0.313 e. The van der Waals surface area contributed by atoms with E-state index in [1.54, 1.807) is 11.8 Å². The zero-order valence-electron chi connectivity index (χ0n) is 11.0. The fourth-order valence-corrected chi connectivity index (χ4v) is 2.63. The van der Waals surface area contributed by atoms with E-state index in [2.05, 4.69) is 0 Å². The molecule has 0 aromatic rings. The van der Waals surface area contributed by atoms with E-state index in [-0.39, 0.29) is 23.6 Å². The monoisotopic (exact) mass is 264 g/mol. The molecule has 3 atom stereocenters. The van der Waals surface area contributed by atoms with Gasteiger partial charge in [0.15, 0.2) is 12.0 Å². The number of allylic oxidation sites excluding steroid dienone is 1. The van der Waals surface area contributed by atoms with Crippen LogP contribution in [-0.4, -0.2) is 36.2 Å². The predicted octanol–water partition coefficient (Wildman–Crippen LogP) is 0.798. The molecule has 6 heteroatoms. The van der Waals surface area contributed by atoms with Gasteiger partial charge >= 0.3 is 5.97 Å². The molecule has 2 aliphatic heterocycles. The summed E-state index contributed by atoms with van der Waals surface area (Å²) in [5.74, 6) is -1.06. The fourth-order valence-electron chi connectivity index (χ4n) is 2.63. The average molecular weight is 264 g/mol. The van der Waals surface area contributed by atoms with Gasteiger partial charge in [0.05, 0.1) is 12.5 Å². The van der Waals surface area contributed by atoms with E-state index in [4.69, 9.17) is 14.7 Å². The first-order valence-electron chi connectivity index (χ1n) is 6.31. The van der Waals surface area contributed by atoms with Crippen molar-refractivity contribution in [2.45, 2.75) is 26.5 Å². The molecule has 6 nitrogen and oxygen atoms in total. The van der Waals surface area contributed by atoms with E-state index in [0.717, 1.165) is 0 Å². The molecular formula is C13H16N2O4. The van der Waals surface area contributed by atoms with Gasteiger partial charge in [-0.05, 0) is 19.4 Å². The minimum atomic E-state index is -0.536. The normalized spacial score (nSPS) is 28.8. The number of carbonyl (C=O) groups is 2. The third-order valence-corrected chi connectivity index (χ3v) is 3.49. The molecule has 0 aliphatic carbocycles. The van der Waals surface area contributed by atoms with Crippen LogP contribution in [0.5, 0.6) is 0 Å². The molecule has 2 aliphatic rings. The molecule has 19 heavy (non-hydrogen) atoms. The lowest BCUT2D eigenvalue weighted by molar-refractivity contribution is -0.155. The highest BCUT2D eigenvalue weighted by atomic mass is 16.5. The van der Waals surface area contributed by atoms with Crippen LogP contribution < -0.4 is 0 Å². The van der Waals surface area contributed by atoms with E-state index < -0.39 is 12.1 Å². The Morgan fingerprint density at radius 1 is 1.63 bits per heavy atom. The number of nitriles is 1. The summed E-state index contributed by atoms with van der Waals surface area (Å²) < 4.78 is 10.5. The smallest absolute Gasteiger partial charge is 0.313 e. The molecule has 0 radical (unpaired) electrons. The van der Waals surface area contributed by atoms with Gasteiger partial charge in [0.25, 0.3) is 0 Å². The van der Waals surface area contributed by atoms with Crippen LogP contribution in [0.3, 0.4) is 0 Å². The van der Waals surface area contributed by atoms with Crippen LogP contribution in [0, 0.1) is 23.2 Å². The van der Waals surface area contributed by atoms with Crippen molar-refractivity contribution >= 4 is 11.9 Å². The van der Waals surface area contributed by atoms with E-state index in [0.29, 0.717) is 19.6 Å². The Labute approximate surface area is 111 Å². The molecule has 0 spiro atoms. The molecule has 2 heterocycles. The third kappa shape index (κ3) is 2.41. The van der Waals surface area contributed by atoms with E-state index in [1.807, 2.05) is 6.07 Å². The zero-order chi connectivity index (χ0) is 14.0. The number of esters is 1. The highest BCUT2D eigenvalue weighted by molar-refractivity contribution is 5.77. The van der Waals surface area contributed by atoms with Crippen LogP contribution in [0.1, 0.15) is 20.3 Å². The van der Waals surface area contributed by atoms with Gasteiger partial charge in [-0.15, -0.1) is 0 Å². The van der Waals surface area contributed by atoms with E-state index >= 15 is 0 Å². The van der Waals surface area contributed by atoms with Gasteiger partial charge in [0.1, 0.15) is 6.07 Å². The van der Waals surface area contributed by atoms with Crippen molar-refractivity contribution < 1.29 is 19.1 Å². The predicted molar refractivity (Wildman–Crippen MR) is 64.2 cm³/mol. The van der Waals surface area contributed by atoms with Crippen molar-refractivity contribution in [3.05, 3.63) is 11.8 Å². The van der Waals surface area contributed by atoms with Gasteiger partial charge in [-0.2, -0.15) is 5.26 Å². The highest BCUT2D eigenvalue weighted by Gasteiger charge is 2.47. The summed E-state index contributed by atoms with van der Waals surface area (Å²) >= 11 is 0. The number of hydrogen-bond acceptors (Lipinski definition) is 5. The molecule has 0 aromatic carbocycles. The van der Waals surface area contributed by atoms with Crippen LogP contribution in [0.2, 0.25) is 0 Å². The standard InChI is InChI=1S/C13H16N2O4/c1-3-18-13(17)11-6-9(7-14)19-12-10(11)4-5-15(12)8(2)16/h6,10-12H,3-5H2,1-2H3/t10-,11-,12-/m1/s1. The van der Waals surface area contributed by atoms with Gasteiger partial charge in [-0.25, -0.2) is 0 Å². The molecule has 2 rings (SSSR count). The fraction of sp³-hybridized carbons (Fsp3) is 0.615. The number of nitrogens with zero attached hydrogens (tertiary/aromatic N) is 2. The lowest BCUT2D eigenvalue weighted by atomic mass is 9.88. The number of fused-ring (bicyclic) bond motifs is 1. The number of rotatable bonds is 2. The Hall–Kier alpha value is -2.03. The number of likely N-dealkylation sites (tertiary alicyclic amines) is 1. The number of ether oxygens (including phenoxy) is 2. The van der Waals surface area contributed by atoms with Crippen LogP contribution in [0.25, 0.3) is 0 Å². The minimum absolute atomic E-state index is 0.0763. The second-order valence-corrected chi connectivity index (χ2v) is 4.59. The van der Waals surface area contributed by atoms with Crippen LogP contribution in [0.4, 0.5) is 0 Å². The van der Waals surface area contributed by atoms with Crippen molar-refractivity contribution in [3.8, 4) is 6.07 Å². The molecule has 1 saturated heterocycles. The molecule has 0 aromatic heterocycles. The summed E-state index contributed by atoms with van der Waals surface area (Å²) in [4.78, 5) is 25.0. The first-order chi connectivity index (χ1) is 9.08. The number of carbonyl (C=O) groups excluding carboxylic acids is 2. The van der Waals surface area contributed by atoms with Crippen molar-refractivity contribution in [3.63, 3.8) is 0 Å². The molecule has 102 valence electrons. The average Bonchev–Trinajstić information content (AvgIpc) is 2.81. The SMILES string of the molecule is CCOC(=O)[C@@H]1C=C(C#N)O[C@@H]2[C@@H]1CCN2C(C)=O. The van der Waals surface area contributed by atoms with Crippen LogP contribution in [-0.2, 0) is 19.1 Å². The van der Waals surface area contributed by atoms with Crippen molar-refractivity contribution in [1.29, 1.82) is 5.26 Å². The Balaban J connectivity index is 2.26. The van der Waals surface area contributed by atoms with Gasteiger partial charge in [0, 0.05) is 19.4 Å². The van der Waals surface area contributed by atoms with Gasteiger partial charge in [-0.3, -0.25) is 9.59 Å². The van der Waals surface area contributed by atoms with E-state index in [9.17, 15) is 9.59 Å². The van der Waals surface area contributed by atoms with Gasteiger partial charge < -0.3 is 14.4 Å². The minimum Gasteiger partial charge on any atom is -0.466 e. The molecule has 1 fully saturated rings. The van der Waals surface area contributed by atoms with Crippen LogP contribution in [0.15, 0.2) is 11.8 Å². The molecule has 0 bridgehead atoms. The first kappa shape index (κ1) is 13.4. The van der Waals surface area contributed by atoms with E-state index in [1.165, 1.54) is 13.0 Å². The maximum atomic E-state index is 11.9. The molecule has 0 N–H and O–H groups in total. The Bertz CT molecular complexity index is 466. The highest BCUT2D eigenvalue weighted by Crippen LogP contribution is 2.38. The second kappa shape index (κ2) is 5.31. The molecule has 0 unspecified atom stereocenters. The first-order valence-corrected chi connectivity index (χ1v) is 6.31. The van der Waals surface area contributed by atoms with Crippen molar-refractivity contribution in [2.24, 2.45) is 11.8 Å². The summed E-state index contributed by atoms with van der Waals surface area (Å²) in [6.07, 6.45) is 1.64. The zero-order valence-corrected chi connectivity index (χ0v) is 11.0. The van der Waals surface area contributed by atoms with Crippen molar-refractivity contribution in [1.82, 2.24) is 4.90 Å². The number of hydrogen-bond donors (Lipinski definition) is 0.